The summed E-state index contributed by atoms with van der Waals surface area (Å²) in [4.78, 5) is 4.90. The van der Waals surface area contributed by atoms with Gasteiger partial charge >= 0.3 is 0 Å². The van der Waals surface area contributed by atoms with Crippen LogP contribution in [-0.2, 0) is 6.42 Å². The lowest BCUT2D eigenvalue weighted by Crippen LogP contribution is -2.01. The van der Waals surface area contributed by atoms with E-state index in [0.29, 0.717) is 10.9 Å². The first-order chi connectivity index (χ1) is 8.08. The van der Waals surface area contributed by atoms with Gasteiger partial charge in [-0.05, 0) is 34.5 Å². The highest BCUT2D eigenvalue weighted by atomic mass is 79.9. The van der Waals surface area contributed by atoms with E-state index in [9.17, 15) is 9.50 Å². The van der Waals surface area contributed by atoms with E-state index >= 15 is 0 Å². The summed E-state index contributed by atoms with van der Waals surface area (Å²) in [6, 6.07) is 4.82. The van der Waals surface area contributed by atoms with Crippen molar-refractivity contribution in [2.24, 2.45) is 0 Å². The minimum Gasteiger partial charge on any atom is -0.387 e. The molecule has 0 saturated carbocycles. The minimum absolute atomic E-state index is 0.310. The molecule has 90 valence electrons. The van der Waals surface area contributed by atoms with Crippen molar-refractivity contribution in [3.8, 4) is 0 Å². The summed E-state index contributed by atoms with van der Waals surface area (Å²) in [6.45, 7) is 1.89. The molecule has 0 aliphatic carbocycles. The molecule has 0 saturated heterocycles. The van der Waals surface area contributed by atoms with Gasteiger partial charge in [-0.3, -0.25) is 0 Å². The first-order valence-electron chi connectivity index (χ1n) is 5.11. The van der Waals surface area contributed by atoms with Crippen LogP contribution in [0.15, 0.2) is 28.9 Å². The van der Waals surface area contributed by atoms with Crippen LogP contribution in [0.3, 0.4) is 0 Å². The van der Waals surface area contributed by atoms with Gasteiger partial charge in [-0.25, -0.2) is 9.37 Å². The molecule has 0 aliphatic rings. The second-order valence-corrected chi connectivity index (χ2v) is 5.77. The minimum atomic E-state index is -0.640. The molecule has 0 fully saturated rings. The number of aryl methyl sites for hydroxylation is 1. The van der Waals surface area contributed by atoms with Gasteiger partial charge in [0.05, 0.1) is 20.5 Å². The summed E-state index contributed by atoms with van der Waals surface area (Å²) >= 11 is 4.64. The van der Waals surface area contributed by atoms with Crippen molar-refractivity contribution in [3.05, 3.63) is 50.1 Å². The van der Waals surface area contributed by atoms with Crippen molar-refractivity contribution >= 4 is 27.3 Å². The molecule has 1 heterocycles. The lowest BCUT2D eigenvalue weighted by atomic mass is 10.1. The van der Waals surface area contributed by atoms with Gasteiger partial charge in [0.25, 0.3) is 0 Å². The molecule has 1 unspecified atom stereocenters. The molecule has 1 atom stereocenters. The third-order valence-electron chi connectivity index (χ3n) is 2.41. The van der Waals surface area contributed by atoms with Crippen molar-refractivity contribution < 1.29 is 9.50 Å². The number of benzene rings is 1. The summed E-state index contributed by atoms with van der Waals surface area (Å²) in [5, 5.41) is 10.9. The quantitative estimate of drug-likeness (QED) is 0.938. The number of aliphatic hydroxyl groups is 1. The Morgan fingerprint density at radius 2 is 2.29 bits per heavy atom. The maximum Gasteiger partial charge on any atom is 0.137 e. The van der Waals surface area contributed by atoms with Gasteiger partial charge in [0.15, 0.2) is 0 Å². The predicted octanol–water partition coefficient (Wildman–Crippen LogP) is 3.63. The SMILES string of the molecule is Cc1ncc(C(O)Cc2cccc(F)c2Br)s1. The summed E-state index contributed by atoms with van der Waals surface area (Å²) in [7, 11) is 0. The topological polar surface area (TPSA) is 33.1 Å². The van der Waals surface area contributed by atoms with E-state index in [0.717, 1.165) is 15.4 Å². The highest BCUT2D eigenvalue weighted by Crippen LogP contribution is 2.28. The predicted molar refractivity (Wildman–Crippen MR) is 69.6 cm³/mol. The van der Waals surface area contributed by atoms with E-state index in [2.05, 4.69) is 20.9 Å². The number of thiazole rings is 1. The molecule has 0 spiro atoms. The zero-order valence-corrected chi connectivity index (χ0v) is 11.6. The molecule has 2 nitrogen and oxygen atoms in total. The molecular weight excluding hydrogens is 305 g/mol. The summed E-state index contributed by atoms with van der Waals surface area (Å²) in [6.07, 6.45) is 1.40. The molecule has 0 radical (unpaired) electrons. The largest absolute Gasteiger partial charge is 0.387 e. The number of hydrogen-bond donors (Lipinski definition) is 1. The maximum absolute atomic E-state index is 13.3. The number of aliphatic hydroxyl groups excluding tert-OH is 1. The highest BCUT2D eigenvalue weighted by Gasteiger charge is 2.14. The molecule has 1 aromatic heterocycles. The fourth-order valence-corrected chi connectivity index (χ4v) is 2.74. The van der Waals surface area contributed by atoms with E-state index in [4.69, 9.17) is 0 Å². The summed E-state index contributed by atoms with van der Waals surface area (Å²) in [5.41, 5.74) is 0.753. The van der Waals surface area contributed by atoms with Crippen LogP contribution in [0.4, 0.5) is 4.39 Å². The molecular formula is C12H11BrFNOS. The molecule has 5 heteroatoms. The molecule has 0 aliphatic heterocycles. The number of halogens is 2. The van der Waals surface area contributed by atoms with Crippen LogP contribution in [0.2, 0.25) is 0 Å². The first-order valence-corrected chi connectivity index (χ1v) is 6.72. The number of hydrogen-bond acceptors (Lipinski definition) is 3. The smallest absolute Gasteiger partial charge is 0.137 e. The Hall–Kier alpha value is -0.780. The average Bonchev–Trinajstić information content (AvgIpc) is 2.72. The van der Waals surface area contributed by atoms with Crippen molar-refractivity contribution in [1.82, 2.24) is 4.98 Å². The molecule has 0 bridgehead atoms. The third kappa shape index (κ3) is 2.91. The van der Waals surface area contributed by atoms with E-state index < -0.39 is 6.10 Å². The fourth-order valence-electron chi connectivity index (χ4n) is 1.55. The fraction of sp³-hybridized carbons (Fsp3) is 0.250. The molecule has 1 aromatic carbocycles. The lowest BCUT2D eigenvalue weighted by Gasteiger charge is -2.10. The van der Waals surface area contributed by atoms with Crippen LogP contribution in [0.1, 0.15) is 21.6 Å². The molecule has 2 aromatic rings. The molecule has 0 amide bonds. The first kappa shape index (κ1) is 12.7. The van der Waals surface area contributed by atoms with Gasteiger partial charge in [-0.2, -0.15) is 0 Å². The number of aromatic nitrogens is 1. The number of rotatable bonds is 3. The highest BCUT2D eigenvalue weighted by molar-refractivity contribution is 9.10. The van der Waals surface area contributed by atoms with Crippen molar-refractivity contribution in [1.29, 1.82) is 0 Å². The Kier molecular flexibility index (Phi) is 3.91. The van der Waals surface area contributed by atoms with E-state index in [1.165, 1.54) is 17.4 Å². The van der Waals surface area contributed by atoms with E-state index in [1.807, 2.05) is 6.92 Å². The van der Waals surface area contributed by atoms with Crippen LogP contribution >= 0.6 is 27.3 Å². The zero-order valence-electron chi connectivity index (χ0n) is 9.15. The van der Waals surface area contributed by atoms with Crippen molar-refractivity contribution in [3.63, 3.8) is 0 Å². The van der Waals surface area contributed by atoms with Gasteiger partial charge in [0.2, 0.25) is 0 Å². The zero-order chi connectivity index (χ0) is 12.4. The van der Waals surface area contributed by atoms with Gasteiger partial charge in [-0.15, -0.1) is 11.3 Å². The maximum atomic E-state index is 13.3. The van der Waals surface area contributed by atoms with Crippen molar-refractivity contribution in [2.75, 3.05) is 0 Å². The molecule has 2 rings (SSSR count). The van der Waals surface area contributed by atoms with Crippen LogP contribution in [0.5, 0.6) is 0 Å². The van der Waals surface area contributed by atoms with Crippen LogP contribution in [0, 0.1) is 12.7 Å². The van der Waals surface area contributed by atoms with E-state index in [-0.39, 0.29) is 5.82 Å². The standard InChI is InChI=1S/C12H11BrFNOS/c1-7-15-6-11(17-7)10(16)5-8-3-2-4-9(14)12(8)13/h2-4,6,10,16H,5H2,1H3. The molecule has 17 heavy (non-hydrogen) atoms. The molecule has 1 N–H and O–H groups in total. The second kappa shape index (κ2) is 5.25. The second-order valence-electron chi connectivity index (χ2n) is 3.71. The normalized spacial score (nSPS) is 12.7. The van der Waals surface area contributed by atoms with Gasteiger partial charge in [0.1, 0.15) is 5.82 Å². The van der Waals surface area contributed by atoms with Crippen LogP contribution < -0.4 is 0 Å². The summed E-state index contributed by atoms with van der Waals surface area (Å²) < 4.78 is 13.7. The monoisotopic (exact) mass is 315 g/mol. The Balaban J connectivity index is 2.18. The Morgan fingerprint density at radius 3 is 2.94 bits per heavy atom. The van der Waals surface area contributed by atoms with Crippen LogP contribution in [0.25, 0.3) is 0 Å². The van der Waals surface area contributed by atoms with Crippen molar-refractivity contribution in [2.45, 2.75) is 19.4 Å². The Labute approximate surface area is 111 Å². The van der Waals surface area contributed by atoms with E-state index in [1.54, 1.807) is 18.3 Å². The summed E-state index contributed by atoms with van der Waals surface area (Å²) in [5.74, 6) is -0.310. The average molecular weight is 316 g/mol. The Bertz CT molecular complexity index is 529. The van der Waals surface area contributed by atoms with Crippen LogP contribution in [-0.4, -0.2) is 10.1 Å². The van der Waals surface area contributed by atoms with Gasteiger partial charge in [0, 0.05) is 12.6 Å². The lowest BCUT2D eigenvalue weighted by molar-refractivity contribution is 0.181. The van der Waals surface area contributed by atoms with Gasteiger partial charge in [-0.1, -0.05) is 12.1 Å². The third-order valence-corrected chi connectivity index (χ3v) is 4.31. The Morgan fingerprint density at radius 1 is 1.53 bits per heavy atom. The number of nitrogens with zero attached hydrogens (tertiary/aromatic N) is 1. The van der Waals surface area contributed by atoms with Gasteiger partial charge < -0.3 is 5.11 Å².